The monoisotopic (exact) mass is 193 g/mol. The molecule has 0 saturated carbocycles. The third kappa shape index (κ3) is 1.17. The Bertz CT molecular complexity index is 537. The summed E-state index contributed by atoms with van der Waals surface area (Å²) in [4.78, 5) is 37.8. The minimum absolute atomic E-state index is 0.0196. The molecule has 1 aliphatic rings. The number of nitrogens with one attached hydrogen (secondary N) is 3. The fourth-order valence-electron chi connectivity index (χ4n) is 1.36. The van der Waals surface area contributed by atoms with Crippen LogP contribution in [0.3, 0.4) is 0 Å². The van der Waals surface area contributed by atoms with Crippen LogP contribution < -0.4 is 16.6 Å². The van der Waals surface area contributed by atoms with E-state index in [4.69, 9.17) is 0 Å². The van der Waals surface area contributed by atoms with Crippen LogP contribution in [0.5, 0.6) is 0 Å². The largest absolute Gasteiger partial charge is 0.326 e. The predicted molar refractivity (Wildman–Crippen MR) is 48.0 cm³/mol. The van der Waals surface area contributed by atoms with Crippen molar-refractivity contribution < 1.29 is 4.79 Å². The van der Waals surface area contributed by atoms with Crippen LogP contribution in [0.15, 0.2) is 21.9 Å². The van der Waals surface area contributed by atoms with E-state index in [0.717, 1.165) is 0 Å². The van der Waals surface area contributed by atoms with E-state index in [0.29, 0.717) is 5.70 Å². The van der Waals surface area contributed by atoms with Crippen molar-refractivity contribution in [3.05, 3.63) is 44.4 Å². The third-order valence-electron chi connectivity index (χ3n) is 1.95. The van der Waals surface area contributed by atoms with Gasteiger partial charge in [0, 0.05) is 12.1 Å². The van der Waals surface area contributed by atoms with Gasteiger partial charge in [-0.05, 0) is 0 Å². The molecule has 0 spiro atoms. The van der Waals surface area contributed by atoms with E-state index in [9.17, 15) is 14.4 Å². The number of hydrogen-bond acceptors (Lipinski definition) is 3. The molecule has 0 aliphatic carbocycles. The second-order valence-corrected chi connectivity index (χ2v) is 3.00. The van der Waals surface area contributed by atoms with Gasteiger partial charge in [0.2, 0.25) is 0 Å². The summed E-state index contributed by atoms with van der Waals surface area (Å²) in [5, 5.41) is 2.43. The van der Waals surface area contributed by atoms with Crippen molar-refractivity contribution in [2.75, 3.05) is 0 Å². The number of fused-ring (bicyclic) bond motifs is 1. The molecule has 1 amide bonds. The average molecular weight is 193 g/mol. The number of H-pyrrole nitrogens is 2. The fourth-order valence-corrected chi connectivity index (χ4v) is 1.36. The Morgan fingerprint density at radius 3 is 2.57 bits per heavy atom. The second-order valence-electron chi connectivity index (χ2n) is 3.00. The first kappa shape index (κ1) is 8.49. The Kier molecular flexibility index (Phi) is 1.63. The van der Waals surface area contributed by atoms with E-state index in [1.165, 1.54) is 0 Å². The van der Waals surface area contributed by atoms with Crippen LogP contribution in [0.25, 0.3) is 0 Å². The van der Waals surface area contributed by atoms with Crippen molar-refractivity contribution in [3.63, 3.8) is 0 Å². The zero-order chi connectivity index (χ0) is 10.3. The van der Waals surface area contributed by atoms with Gasteiger partial charge in [-0.2, -0.15) is 0 Å². The highest BCUT2D eigenvalue weighted by Gasteiger charge is 2.22. The smallest absolute Gasteiger partial charge is 0.325 e. The molecule has 0 aromatic carbocycles. The van der Waals surface area contributed by atoms with E-state index in [-0.39, 0.29) is 17.7 Å². The van der Waals surface area contributed by atoms with Crippen LogP contribution in [-0.2, 0) is 6.42 Å². The maximum Gasteiger partial charge on any atom is 0.326 e. The third-order valence-corrected chi connectivity index (χ3v) is 1.95. The second kappa shape index (κ2) is 2.69. The predicted octanol–water partition coefficient (Wildman–Crippen LogP) is -1.14. The SMILES string of the molecule is C=C1Cc2c([nH]c(=O)[nH]c2=O)C(=O)N1. The van der Waals surface area contributed by atoms with Gasteiger partial charge in [0.25, 0.3) is 11.5 Å². The summed E-state index contributed by atoms with van der Waals surface area (Å²) < 4.78 is 0. The van der Waals surface area contributed by atoms with Gasteiger partial charge in [0.1, 0.15) is 5.69 Å². The van der Waals surface area contributed by atoms with E-state index in [1.807, 2.05) is 0 Å². The minimum atomic E-state index is -0.684. The standard InChI is InChI=1S/C8H7N3O3/c1-3-2-4-5(7(13)9-3)10-8(14)11-6(4)12/h1-2H2,(H,9,13)(H2,10,11,12,14). The summed E-state index contributed by atoms with van der Waals surface area (Å²) in [6.07, 6.45) is 0.243. The highest BCUT2D eigenvalue weighted by molar-refractivity contribution is 5.96. The molecule has 3 N–H and O–H groups in total. The first-order valence-electron chi connectivity index (χ1n) is 3.92. The first-order chi connectivity index (χ1) is 6.58. The van der Waals surface area contributed by atoms with Crippen molar-refractivity contribution in [2.45, 2.75) is 6.42 Å². The lowest BCUT2D eigenvalue weighted by Gasteiger charge is -2.16. The van der Waals surface area contributed by atoms with Crippen LogP contribution in [0.1, 0.15) is 16.1 Å². The summed E-state index contributed by atoms with van der Waals surface area (Å²) in [5.41, 5.74) is -0.513. The molecule has 0 atom stereocenters. The zero-order valence-corrected chi connectivity index (χ0v) is 7.14. The van der Waals surface area contributed by atoms with Crippen LogP contribution in [0.4, 0.5) is 0 Å². The fraction of sp³-hybridized carbons (Fsp3) is 0.125. The van der Waals surface area contributed by atoms with Crippen molar-refractivity contribution in [3.8, 4) is 0 Å². The van der Waals surface area contributed by atoms with E-state index in [2.05, 4.69) is 21.9 Å². The topological polar surface area (TPSA) is 94.8 Å². The molecule has 2 rings (SSSR count). The molecule has 0 saturated heterocycles. The highest BCUT2D eigenvalue weighted by Crippen LogP contribution is 2.09. The van der Waals surface area contributed by atoms with Crippen LogP contribution >= 0.6 is 0 Å². The number of carbonyl (C=O) groups excluding carboxylic acids is 1. The molecular weight excluding hydrogens is 186 g/mol. The molecule has 14 heavy (non-hydrogen) atoms. The lowest BCUT2D eigenvalue weighted by molar-refractivity contribution is 0.0953. The number of aromatic nitrogens is 2. The van der Waals surface area contributed by atoms with Gasteiger partial charge < -0.3 is 10.3 Å². The number of hydrogen-bond donors (Lipinski definition) is 3. The van der Waals surface area contributed by atoms with Crippen molar-refractivity contribution in [2.24, 2.45) is 0 Å². The van der Waals surface area contributed by atoms with E-state index in [1.54, 1.807) is 0 Å². The van der Waals surface area contributed by atoms with Gasteiger partial charge in [-0.1, -0.05) is 6.58 Å². The zero-order valence-electron chi connectivity index (χ0n) is 7.14. The Morgan fingerprint density at radius 2 is 1.86 bits per heavy atom. The molecule has 0 fully saturated rings. The number of amides is 1. The Morgan fingerprint density at radius 1 is 1.14 bits per heavy atom. The van der Waals surface area contributed by atoms with Crippen molar-refractivity contribution in [1.29, 1.82) is 0 Å². The molecule has 72 valence electrons. The van der Waals surface area contributed by atoms with Crippen LogP contribution in [0, 0.1) is 0 Å². The molecule has 0 bridgehead atoms. The summed E-state index contributed by atoms with van der Waals surface area (Å²) in [7, 11) is 0. The summed E-state index contributed by atoms with van der Waals surface area (Å²) in [6.45, 7) is 3.55. The van der Waals surface area contributed by atoms with E-state index >= 15 is 0 Å². The number of allylic oxidation sites excluding steroid dienone is 1. The molecule has 0 radical (unpaired) electrons. The van der Waals surface area contributed by atoms with Crippen LogP contribution in [-0.4, -0.2) is 15.9 Å². The molecule has 0 unspecified atom stereocenters. The molecule has 1 aliphatic heterocycles. The van der Waals surface area contributed by atoms with Crippen molar-refractivity contribution in [1.82, 2.24) is 15.3 Å². The quantitative estimate of drug-likeness (QED) is 0.486. The average Bonchev–Trinajstić information content (AvgIpc) is 2.07. The maximum absolute atomic E-state index is 11.3. The summed E-state index contributed by atoms with van der Waals surface area (Å²) >= 11 is 0. The van der Waals surface area contributed by atoms with E-state index < -0.39 is 17.2 Å². The van der Waals surface area contributed by atoms with Crippen LogP contribution in [0.2, 0.25) is 0 Å². The normalized spacial score (nSPS) is 14.9. The molecule has 2 heterocycles. The van der Waals surface area contributed by atoms with Gasteiger partial charge >= 0.3 is 5.69 Å². The van der Waals surface area contributed by atoms with Gasteiger partial charge in [-0.25, -0.2) is 4.79 Å². The summed E-state index contributed by atoms with van der Waals surface area (Å²) in [6, 6.07) is 0. The number of carbonyl (C=O) groups is 1. The Hall–Kier alpha value is -2.11. The van der Waals surface area contributed by atoms with Gasteiger partial charge in [-0.15, -0.1) is 0 Å². The minimum Gasteiger partial charge on any atom is -0.325 e. The molecule has 1 aromatic heterocycles. The molecule has 6 nitrogen and oxygen atoms in total. The van der Waals surface area contributed by atoms with Crippen molar-refractivity contribution >= 4 is 5.91 Å². The molecule has 1 aromatic rings. The van der Waals surface area contributed by atoms with Gasteiger partial charge in [0.15, 0.2) is 0 Å². The van der Waals surface area contributed by atoms with Gasteiger partial charge in [-0.3, -0.25) is 14.6 Å². The summed E-state index contributed by atoms with van der Waals surface area (Å²) in [5.74, 6) is -0.501. The van der Waals surface area contributed by atoms with Gasteiger partial charge in [0.05, 0.1) is 5.56 Å². The highest BCUT2D eigenvalue weighted by atomic mass is 16.2. The molecule has 6 heteroatoms. The molecular formula is C8H7N3O3. The number of rotatable bonds is 0. The first-order valence-corrected chi connectivity index (χ1v) is 3.92. The lowest BCUT2D eigenvalue weighted by Crippen LogP contribution is -2.39. The lowest BCUT2D eigenvalue weighted by atomic mass is 10.1. The Labute approximate surface area is 77.7 Å². The number of aromatic amines is 2. The Balaban J connectivity index is 2.77. The maximum atomic E-state index is 11.3.